The van der Waals surface area contributed by atoms with Gasteiger partial charge in [-0.15, -0.1) is 0 Å². The highest BCUT2D eigenvalue weighted by molar-refractivity contribution is 8.13. The van der Waals surface area contributed by atoms with Crippen molar-refractivity contribution in [1.82, 2.24) is 0 Å². The molecule has 16 heavy (non-hydrogen) atoms. The van der Waals surface area contributed by atoms with Gasteiger partial charge in [-0.05, 0) is 0 Å². The summed E-state index contributed by atoms with van der Waals surface area (Å²) in [6.07, 6.45) is 0. The van der Waals surface area contributed by atoms with Crippen molar-refractivity contribution in [2.45, 2.75) is 5.75 Å². The zero-order valence-electron chi connectivity index (χ0n) is 8.21. The van der Waals surface area contributed by atoms with Crippen LogP contribution in [0.2, 0.25) is 0 Å². The predicted molar refractivity (Wildman–Crippen MR) is 58.1 cm³/mol. The fraction of sp³-hybridized carbons (Fsp3) is 0.250. The van der Waals surface area contributed by atoms with Crippen LogP contribution in [0.4, 0.5) is 5.69 Å². The zero-order chi connectivity index (χ0) is 12.3. The Kier molecular flexibility index (Phi) is 3.71. The van der Waals surface area contributed by atoms with Crippen molar-refractivity contribution < 1.29 is 18.1 Å². The van der Waals surface area contributed by atoms with Gasteiger partial charge in [0.25, 0.3) is 0 Å². The van der Waals surface area contributed by atoms with E-state index in [4.69, 9.17) is 15.4 Å². The summed E-state index contributed by atoms with van der Waals surface area (Å²) in [6.45, 7) is 0. The second kappa shape index (κ2) is 4.67. The average Bonchev–Trinajstić information content (AvgIpc) is 2.14. The number of hydrogen-bond acceptors (Lipinski definition) is 5. The van der Waals surface area contributed by atoms with Gasteiger partial charge in [-0.2, -0.15) is 0 Å². The lowest BCUT2D eigenvalue weighted by Gasteiger charge is -2.06. The number of benzene rings is 1. The number of nitro groups is 1. The molecule has 0 amide bonds. The molecule has 0 fully saturated rings. The molecule has 1 rings (SSSR count). The number of rotatable bonds is 4. The fourth-order valence-electron chi connectivity index (χ4n) is 1.25. The average molecular weight is 266 g/mol. The molecule has 1 aromatic rings. The summed E-state index contributed by atoms with van der Waals surface area (Å²) in [5.74, 6) is -0.601. The molecule has 0 atom stereocenters. The van der Waals surface area contributed by atoms with Crippen LogP contribution in [0.1, 0.15) is 5.56 Å². The van der Waals surface area contributed by atoms with Crippen molar-refractivity contribution in [3.63, 3.8) is 0 Å². The van der Waals surface area contributed by atoms with Gasteiger partial charge in [0.2, 0.25) is 14.8 Å². The second-order valence-electron chi connectivity index (χ2n) is 2.91. The van der Waals surface area contributed by atoms with Crippen LogP contribution in [0, 0.1) is 10.1 Å². The number of para-hydroxylation sites is 1. The first-order valence-electron chi connectivity index (χ1n) is 4.08. The molecule has 0 spiro atoms. The number of ether oxygens (including phenoxy) is 1. The summed E-state index contributed by atoms with van der Waals surface area (Å²) in [7, 11) is 2.52. The minimum absolute atomic E-state index is 0.0864. The summed E-state index contributed by atoms with van der Waals surface area (Å²) < 4.78 is 26.6. The quantitative estimate of drug-likeness (QED) is 0.469. The lowest BCUT2D eigenvalue weighted by molar-refractivity contribution is -0.385. The van der Waals surface area contributed by atoms with Crippen LogP contribution < -0.4 is 4.74 Å². The fourth-order valence-corrected chi connectivity index (χ4v) is 2.20. The highest BCUT2D eigenvalue weighted by Gasteiger charge is 2.20. The third-order valence-corrected chi connectivity index (χ3v) is 2.79. The third kappa shape index (κ3) is 3.07. The Morgan fingerprint density at radius 2 is 2.12 bits per heavy atom. The van der Waals surface area contributed by atoms with Crippen molar-refractivity contribution in [2.75, 3.05) is 7.11 Å². The molecule has 0 bridgehead atoms. The van der Waals surface area contributed by atoms with Crippen molar-refractivity contribution >= 4 is 25.4 Å². The third-order valence-electron chi connectivity index (χ3n) is 1.80. The molecule has 0 heterocycles. The van der Waals surface area contributed by atoms with Crippen LogP contribution in [-0.2, 0) is 14.8 Å². The molecule has 8 heteroatoms. The molecular formula is C8H8ClNO5S. The molecule has 0 N–H and O–H groups in total. The van der Waals surface area contributed by atoms with Crippen LogP contribution in [0.25, 0.3) is 0 Å². The summed E-state index contributed by atoms with van der Waals surface area (Å²) in [6, 6.07) is 4.01. The first-order valence-corrected chi connectivity index (χ1v) is 6.55. The van der Waals surface area contributed by atoms with Crippen LogP contribution in [-0.4, -0.2) is 20.5 Å². The topological polar surface area (TPSA) is 86.5 Å². The Balaban J connectivity index is 3.30. The molecule has 0 unspecified atom stereocenters. The van der Waals surface area contributed by atoms with Gasteiger partial charge >= 0.3 is 5.69 Å². The first kappa shape index (κ1) is 12.7. The van der Waals surface area contributed by atoms with Crippen molar-refractivity contribution in [2.24, 2.45) is 0 Å². The smallest absolute Gasteiger partial charge is 0.311 e. The maximum Gasteiger partial charge on any atom is 0.311 e. The Morgan fingerprint density at radius 1 is 1.50 bits per heavy atom. The van der Waals surface area contributed by atoms with Gasteiger partial charge in [-0.3, -0.25) is 10.1 Å². The van der Waals surface area contributed by atoms with E-state index in [2.05, 4.69) is 0 Å². The minimum Gasteiger partial charge on any atom is -0.490 e. The Hall–Kier alpha value is -1.34. The van der Waals surface area contributed by atoms with Gasteiger partial charge in [0.15, 0.2) is 0 Å². The summed E-state index contributed by atoms with van der Waals surface area (Å²) >= 11 is 0. The monoisotopic (exact) mass is 265 g/mol. The van der Waals surface area contributed by atoms with E-state index in [0.717, 1.165) is 0 Å². The molecule has 0 aromatic heterocycles. The van der Waals surface area contributed by atoms with Crippen molar-refractivity contribution in [3.8, 4) is 5.75 Å². The number of nitro benzene ring substituents is 1. The maximum absolute atomic E-state index is 10.9. The Bertz CT molecular complexity index is 513. The molecule has 0 aliphatic rings. The molecule has 88 valence electrons. The molecular weight excluding hydrogens is 258 g/mol. The van der Waals surface area contributed by atoms with E-state index in [9.17, 15) is 18.5 Å². The standard InChI is InChI=1S/C8H8ClNO5S/c1-15-8-6(5-16(9,13)14)3-2-4-7(8)10(11)12/h2-4H,5H2,1H3. The molecule has 0 aliphatic heterocycles. The van der Waals surface area contributed by atoms with Crippen LogP contribution in [0.3, 0.4) is 0 Å². The van der Waals surface area contributed by atoms with Crippen molar-refractivity contribution in [3.05, 3.63) is 33.9 Å². The summed E-state index contributed by atoms with van der Waals surface area (Å²) in [4.78, 5) is 9.99. The van der Waals surface area contributed by atoms with E-state index in [1.54, 1.807) is 0 Å². The van der Waals surface area contributed by atoms with Gasteiger partial charge in [-0.1, -0.05) is 12.1 Å². The van der Waals surface area contributed by atoms with Gasteiger partial charge < -0.3 is 4.74 Å². The Labute approximate surface area is 96.4 Å². The molecule has 0 aliphatic carbocycles. The summed E-state index contributed by atoms with van der Waals surface area (Å²) in [5.41, 5.74) is -0.132. The lowest BCUT2D eigenvalue weighted by Crippen LogP contribution is -2.01. The number of methoxy groups -OCH3 is 1. The molecule has 1 aromatic carbocycles. The molecule has 0 saturated heterocycles. The van der Waals surface area contributed by atoms with Crippen LogP contribution >= 0.6 is 10.7 Å². The molecule has 0 saturated carbocycles. The van der Waals surface area contributed by atoms with Gasteiger partial charge in [0.05, 0.1) is 17.8 Å². The van der Waals surface area contributed by atoms with Gasteiger partial charge in [0.1, 0.15) is 0 Å². The summed E-state index contributed by atoms with van der Waals surface area (Å²) in [5, 5.41) is 10.6. The van der Waals surface area contributed by atoms with E-state index in [-0.39, 0.29) is 17.0 Å². The molecule has 0 radical (unpaired) electrons. The van der Waals surface area contributed by atoms with Gasteiger partial charge in [0, 0.05) is 22.3 Å². The lowest BCUT2D eigenvalue weighted by atomic mass is 10.2. The normalized spacial score (nSPS) is 11.1. The number of hydrogen-bond donors (Lipinski definition) is 0. The highest BCUT2D eigenvalue weighted by Crippen LogP contribution is 2.32. The predicted octanol–water partition coefficient (Wildman–Crippen LogP) is 1.67. The highest BCUT2D eigenvalue weighted by atomic mass is 35.7. The Morgan fingerprint density at radius 3 is 2.56 bits per heavy atom. The van der Waals surface area contributed by atoms with Crippen molar-refractivity contribution in [1.29, 1.82) is 0 Å². The van der Waals surface area contributed by atoms with E-state index >= 15 is 0 Å². The number of nitrogens with zero attached hydrogens (tertiary/aromatic N) is 1. The molecule has 6 nitrogen and oxygen atoms in total. The largest absolute Gasteiger partial charge is 0.490 e. The van der Waals surface area contributed by atoms with E-state index < -0.39 is 19.7 Å². The van der Waals surface area contributed by atoms with Gasteiger partial charge in [-0.25, -0.2) is 8.42 Å². The first-order chi connectivity index (χ1) is 7.35. The SMILES string of the molecule is COc1c(CS(=O)(=O)Cl)cccc1[N+](=O)[O-]. The number of halogens is 1. The van der Waals surface area contributed by atoms with Crippen LogP contribution in [0.15, 0.2) is 18.2 Å². The minimum atomic E-state index is -3.78. The zero-order valence-corrected chi connectivity index (χ0v) is 9.79. The van der Waals surface area contributed by atoms with E-state index in [0.29, 0.717) is 0 Å². The second-order valence-corrected chi connectivity index (χ2v) is 5.69. The van der Waals surface area contributed by atoms with E-state index in [1.807, 2.05) is 0 Å². The maximum atomic E-state index is 10.9. The van der Waals surface area contributed by atoms with Crippen LogP contribution in [0.5, 0.6) is 5.75 Å². The van der Waals surface area contributed by atoms with E-state index in [1.165, 1.54) is 25.3 Å².